The zero-order valence-corrected chi connectivity index (χ0v) is 41.2. The molecule has 0 saturated carbocycles. The highest BCUT2D eigenvalue weighted by Crippen LogP contribution is 2.52. The Kier molecular flexibility index (Phi) is 31.7. The van der Waals surface area contributed by atoms with Gasteiger partial charge >= 0.3 is 25.6 Å². The van der Waals surface area contributed by atoms with Crippen LogP contribution in [0, 0.1) is 0 Å². The number of carbonyl (C=O) groups excluding carboxylic acids is 2. The normalized spacial score (nSPS) is 15.2. The van der Waals surface area contributed by atoms with Crippen molar-refractivity contribution in [2.75, 3.05) is 40.0 Å². The lowest BCUT2D eigenvalue weighted by atomic mass is 10.0. The number of esters is 1. The molecule has 16 heteroatoms. The van der Waals surface area contributed by atoms with Crippen molar-refractivity contribution in [3.05, 3.63) is 42.0 Å². The summed E-state index contributed by atoms with van der Waals surface area (Å²) >= 11 is 0. The van der Waals surface area contributed by atoms with Gasteiger partial charge in [0.05, 0.1) is 19.3 Å². The minimum atomic E-state index is -4.60. The van der Waals surface area contributed by atoms with Crippen molar-refractivity contribution in [3.63, 3.8) is 0 Å². The van der Waals surface area contributed by atoms with Gasteiger partial charge in [-0.05, 0) is 37.5 Å². The Hall–Kier alpha value is -2.84. The van der Waals surface area contributed by atoms with E-state index in [-0.39, 0.29) is 37.8 Å². The van der Waals surface area contributed by atoms with E-state index in [1.165, 1.54) is 154 Å². The molecule has 3 atom stereocenters. The van der Waals surface area contributed by atoms with Crippen LogP contribution in [0.25, 0.3) is 0 Å². The number of phosphoric acid groups is 1. The highest BCUT2D eigenvalue weighted by atomic mass is 31.2. The Bertz CT molecular complexity index is 1490. The van der Waals surface area contributed by atoms with Crippen LogP contribution in [0.4, 0.5) is 13.2 Å². The van der Waals surface area contributed by atoms with Crippen LogP contribution in [0.1, 0.15) is 193 Å². The number of ether oxygens (including phenoxy) is 2. The maximum Gasteiger partial charge on any atom is 0.474 e. The third-order valence-corrected chi connectivity index (χ3v) is 12.9. The molecule has 1 aliphatic heterocycles. The molecule has 0 radical (unpaired) electrons. The molecule has 2 N–H and O–H groups in total. The smallest absolute Gasteiger partial charge is 0.474 e. The minimum Gasteiger partial charge on any atom is -0.492 e. The van der Waals surface area contributed by atoms with Crippen LogP contribution in [0.15, 0.2) is 46.6 Å². The van der Waals surface area contributed by atoms with Gasteiger partial charge in [0.15, 0.2) is 0 Å². The standard InChI is InChI=1S/C49H84F3N4O8P/c1-5-7-9-11-13-15-17-19-21-23-25-27-29-31-46(64-42(3)57)45(54-47(58)32-30-28-26-24-22-20-18-16-14-12-10-8-6-2)41-63-65(59,60-4)62-40-38-53-37-39-61-44-35-33-43(34-36-44)48(55-56-48)49(50,51)52/h29,31,33-36,45-46,53H,5-28,30,32,37-41H2,1-4H3,(H,54,58)/b31-29+/t45-,46+,65?/m0/s1. The number of halogens is 3. The second kappa shape index (κ2) is 35.3. The summed E-state index contributed by atoms with van der Waals surface area (Å²) in [5.41, 5.74) is -2.56. The van der Waals surface area contributed by atoms with Gasteiger partial charge in [0.2, 0.25) is 5.91 Å². The minimum absolute atomic E-state index is 0.0609. The molecule has 1 aliphatic rings. The second-order valence-electron chi connectivity index (χ2n) is 17.2. The molecule has 1 unspecified atom stereocenters. The van der Waals surface area contributed by atoms with Crippen LogP contribution < -0.4 is 15.4 Å². The van der Waals surface area contributed by atoms with Gasteiger partial charge in [-0.1, -0.05) is 173 Å². The van der Waals surface area contributed by atoms with Crippen LogP contribution in [0.5, 0.6) is 5.75 Å². The average molecular weight is 945 g/mol. The number of amides is 1. The van der Waals surface area contributed by atoms with Crippen molar-refractivity contribution >= 4 is 19.7 Å². The predicted octanol–water partition coefficient (Wildman–Crippen LogP) is 13.8. The molecule has 0 aliphatic carbocycles. The maximum absolute atomic E-state index is 13.5. The quantitative estimate of drug-likeness (QED) is 0.0283. The largest absolute Gasteiger partial charge is 0.492 e. The maximum atomic E-state index is 13.5. The number of carbonyl (C=O) groups is 2. The molecule has 1 amide bonds. The first kappa shape index (κ1) is 58.3. The SMILES string of the molecule is CCCCCCCCCCCCC/C=C/[C@@H](OC(C)=O)[C@H](COP(=O)(OC)OCCNCCOc1ccc(C2(C(F)(F)F)N=N2)cc1)NC(=O)CCCCCCCCCCCCCCC. The predicted molar refractivity (Wildman–Crippen MR) is 252 cm³/mol. The number of alkyl halides is 3. The molecule has 1 aromatic rings. The first-order valence-electron chi connectivity index (χ1n) is 24.9. The molecule has 374 valence electrons. The van der Waals surface area contributed by atoms with E-state index < -0.39 is 37.8 Å². The molecule has 0 bridgehead atoms. The van der Waals surface area contributed by atoms with Crippen molar-refractivity contribution in [2.45, 2.75) is 212 Å². The molecule has 12 nitrogen and oxygen atoms in total. The number of hydrogen-bond acceptors (Lipinski definition) is 11. The number of unbranched alkanes of at least 4 members (excludes halogenated alkanes) is 23. The van der Waals surface area contributed by atoms with Gasteiger partial charge in [-0.25, -0.2) is 4.57 Å². The molecular weight excluding hydrogens is 861 g/mol. The zero-order chi connectivity index (χ0) is 47.5. The average Bonchev–Trinajstić information content (AvgIpc) is 4.11. The number of nitrogens with zero attached hydrogens (tertiary/aromatic N) is 2. The van der Waals surface area contributed by atoms with E-state index in [9.17, 15) is 27.3 Å². The van der Waals surface area contributed by atoms with E-state index in [0.29, 0.717) is 18.7 Å². The molecular formula is C49H84F3N4O8P. The van der Waals surface area contributed by atoms with Crippen molar-refractivity contribution in [2.24, 2.45) is 10.2 Å². The number of rotatable bonds is 43. The number of nitrogens with one attached hydrogen (secondary N) is 2. The highest BCUT2D eigenvalue weighted by Gasteiger charge is 2.65. The number of allylic oxidation sites excluding steroid dienone is 1. The Balaban J connectivity index is 1.85. The molecule has 2 rings (SSSR count). The summed E-state index contributed by atoms with van der Waals surface area (Å²) in [4.78, 5) is 25.6. The van der Waals surface area contributed by atoms with Crippen molar-refractivity contribution in [1.82, 2.24) is 10.6 Å². The summed E-state index contributed by atoms with van der Waals surface area (Å²) in [6.45, 7) is 6.21. The Morgan fingerprint density at radius 1 is 0.723 bits per heavy atom. The van der Waals surface area contributed by atoms with Crippen LogP contribution in [0.3, 0.4) is 0 Å². The number of benzene rings is 1. The van der Waals surface area contributed by atoms with Crippen molar-refractivity contribution < 1.29 is 50.4 Å². The molecule has 0 fully saturated rings. The number of phosphoric ester groups is 1. The van der Waals surface area contributed by atoms with E-state index in [1.807, 2.05) is 6.08 Å². The Labute approximate surface area is 389 Å². The van der Waals surface area contributed by atoms with Crippen molar-refractivity contribution in [3.8, 4) is 5.75 Å². The van der Waals surface area contributed by atoms with E-state index in [1.54, 1.807) is 6.08 Å². The summed E-state index contributed by atoms with van der Waals surface area (Å²) in [7, 11) is -2.89. The molecule has 1 heterocycles. The molecule has 0 spiro atoms. The van der Waals surface area contributed by atoms with E-state index in [2.05, 4.69) is 34.7 Å². The van der Waals surface area contributed by atoms with Crippen LogP contribution >= 0.6 is 7.82 Å². The van der Waals surface area contributed by atoms with Gasteiger partial charge in [-0.15, -0.1) is 10.2 Å². The van der Waals surface area contributed by atoms with Gasteiger partial charge in [-0.2, -0.15) is 13.2 Å². The summed E-state index contributed by atoms with van der Waals surface area (Å²) in [5.74, 6) is -0.361. The third-order valence-electron chi connectivity index (χ3n) is 11.5. The van der Waals surface area contributed by atoms with Crippen LogP contribution in [-0.4, -0.2) is 70.2 Å². The summed E-state index contributed by atoms with van der Waals surface area (Å²) in [6.07, 6.45) is 28.6. The van der Waals surface area contributed by atoms with Crippen LogP contribution in [-0.2, 0) is 38.1 Å². The van der Waals surface area contributed by atoms with Gasteiger partial charge < -0.3 is 20.1 Å². The fourth-order valence-corrected chi connectivity index (χ4v) is 8.48. The van der Waals surface area contributed by atoms with Gasteiger partial charge in [0, 0.05) is 39.1 Å². The molecule has 0 saturated heterocycles. The summed E-state index contributed by atoms with van der Waals surface area (Å²) in [5, 5.41) is 12.5. The van der Waals surface area contributed by atoms with Gasteiger partial charge in [0.25, 0.3) is 0 Å². The van der Waals surface area contributed by atoms with Crippen molar-refractivity contribution in [1.29, 1.82) is 0 Å². The lowest BCUT2D eigenvalue weighted by molar-refractivity contribution is -0.166. The highest BCUT2D eigenvalue weighted by molar-refractivity contribution is 7.48. The lowest BCUT2D eigenvalue weighted by Crippen LogP contribution is -2.47. The Morgan fingerprint density at radius 3 is 1.69 bits per heavy atom. The van der Waals surface area contributed by atoms with Gasteiger partial charge in [-0.3, -0.25) is 23.2 Å². The Morgan fingerprint density at radius 2 is 1.22 bits per heavy atom. The summed E-state index contributed by atoms with van der Waals surface area (Å²) in [6, 6.07) is 4.57. The zero-order valence-electron chi connectivity index (χ0n) is 40.3. The monoisotopic (exact) mass is 945 g/mol. The number of hydrogen-bond donors (Lipinski definition) is 2. The van der Waals surface area contributed by atoms with E-state index in [0.717, 1.165) is 44.9 Å². The first-order chi connectivity index (χ1) is 31.4. The molecule has 65 heavy (non-hydrogen) atoms. The fraction of sp³-hybridized carbons (Fsp3) is 0.796. The second-order valence-corrected chi connectivity index (χ2v) is 19.0. The molecule has 1 aromatic carbocycles. The molecule has 0 aromatic heterocycles. The van der Waals surface area contributed by atoms with Gasteiger partial charge in [0.1, 0.15) is 18.5 Å². The van der Waals surface area contributed by atoms with E-state index in [4.69, 9.17) is 23.0 Å². The van der Waals surface area contributed by atoms with Crippen LogP contribution in [0.2, 0.25) is 0 Å². The third kappa shape index (κ3) is 26.9. The fourth-order valence-electron chi connectivity index (χ4n) is 7.54. The summed E-state index contributed by atoms with van der Waals surface area (Å²) < 4.78 is 81.0. The first-order valence-corrected chi connectivity index (χ1v) is 26.4. The van der Waals surface area contributed by atoms with E-state index >= 15 is 0 Å². The lowest BCUT2D eigenvalue weighted by Gasteiger charge is -2.27. The topological polar surface area (TPSA) is 146 Å².